The molecule has 0 aliphatic carbocycles. The molecule has 0 saturated heterocycles. The standard InChI is InChI=1S/C12H15F6NO/c1-4-8(5-6-9(19)7(2)3)10(20,11(13,14)15)12(16,17)18/h5-6,20H,2,4,19H2,1,3H3/b8-5?,9-6+. The van der Waals surface area contributed by atoms with Crippen molar-refractivity contribution in [3.8, 4) is 0 Å². The lowest BCUT2D eigenvalue weighted by Gasteiger charge is -2.34. The summed E-state index contributed by atoms with van der Waals surface area (Å²) in [4.78, 5) is 0. The van der Waals surface area contributed by atoms with E-state index in [1.807, 2.05) is 0 Å². The van der Waals surface area contributed by atoms with E-state index in [0.29, 0.717) is 6.08 Å². The lowest BCUT2D eigenvalue weighted by Crippen LogP contribution is -2.58. The molecular formula is C12H15F6NO. The molecule has 0 bridgehead atoms. The fourth-order valence-electron chi connectivity index (χ4n) is 1.35. The highest BCUT2D eigenvalue weighted by molar-refractivity contribution is 5.33. The lowest BCUT2D eigenvalue weighted by atomic mass is 9.89. The van der Waals surface area contributed by atoms with Crippen LogP contribution in [0.15, 0.2) is 35.6 Å². The molecule has 0 unspecified atom stereocenters. The van der Waals surface area contributed by atoms with Gasteiger partial charge in [-0.05, 0) is 30.6 Å². The molecule has 0 aromatic rings. The molecule has 116 valence electrons. The number of rotatable bonds is 4. The molecule has 0 heterocycles. The summed E-state index contributed by atoms with van der Waals surface area (Å²) in [5.74, 6) is 0. The summed E-state index contributed by atoms with van der Waals surface area (Å²) in [6.45, 7) is 5.89. The second kappa shape index (κ2) is 5.90. The van der Waals surface area contributed by atoms with Crippen LogP contribution >= 0.6 is 0 Å². The number of aliphatic hydroxyl groups is 1. The smallest absolute Gasteiger partial charge is 0.399 e. The van der Waals surface area contributed by atoms with Crippen LogP contribution in [-0.2, 0) is 0 Å². The van der Waals surface area contributed by atoms with Crippen LogP contribution < -0.4 is 5.73 Å². The third-order valence-corrected chi connectivity index (χ3v) is 2.62. The molecule has 0 fully saturated rings. The average molecular weight is 303 g/mol. The topological polar surface area (TPSA) is 46.2 Å². The zero-order valence-electron chi connectivity index (χ0n) is 10.9. The summed E-state index contributed by atoms with van der Waals surface area (Å²) in [5, 5.41) is 9.18. The summed E-state index contributed by atoms with van der Waals surface area (Å²) in [6, 6.07) is 0. The van der Waals surface area contributed by atoms with Crippen molar-refractivity contribution in [3.05, 3.63) is 35.6 Å². The van der Waals surface area contributed by atoms with Gasteiger partial charge in [0.1, 0.15) is 0 Å². The van der Waals surface area contributed by atoms with Gasteiger partial charge in [0, 0.05) is 5.70 Å². The fraction of sp³-hybridized carbons (Fsp3) is 0.500. The number of hydrogen-bond donors (Lipinski definition) is 2. The van der Waals surface area contributed by atoms with Crippen LogP contribution in [0, 0.1) is 0 Å². The van der Waals surface area contributed by atoms with E-state index in [4.69, 9.17) is 5.73 Å². The molecule has 0 rings (SSSR count). The number of nitrogens with two attached hydrogens (primary N) is 1. The van der Waals surface area contributed by atoms with E-state index in [-0.39, 0.29) is 11.3 Å². The summed E-state index contributed by atoms with van der Waals surface area (Å²) >= 11 is 0. The highest BCUT2D eigenvalue weighted by Crippen LogP contribution is 2.48. The van der Waals surface area contributed by atoms with Gasteiger partial charge in [-0.25, -0.2) is 0 Å². The van der Waals surface area contributed by atoms with Crippen molar-refractivity contribution in [2.75, 3.05) is 0 Å². The highest BCUT2D eigenvalue weighted by Gasteiger charge is 2.71. The first-order chi connectivity index (χ1) is 8.79. The second-order valence-corrected chi connectivity index (χ2v) is 4.15. The van der Waals surface area contributed by atoms with E-state index >= 15 is 0 Å². The monoisotopic (exact) mass is 303 g/mol. The molecule has 0 aromatic heterocycles. The molecular weight excluding hydrogens is 288 g/mol. The average Bonchev–Trinajstić information content (AvgIpc) is 2.25. The van der Waals surface area contributed by atoms with Gasteiger partial charge in [0.25, 0.3) is 5.60 Å². The Kier molecular flexibility index (Phi) is 5.48. The van der Waals surface area contributed by atoms with Gasteiger partial charge in [-0.3, -0.25) is 0 Å². The van der Waals surface area contributed by atoms with Crippen LogP contribution in [0.1, 0.15) is 20.3 Å². The summed E-state index contributed by atoms with van der Waals surface area (Å²) in [5.41, 5.74) is -0.601. The van der Waals surface area contributed by atoms with Crippen molar-refractivity contribution in [3.63, 3.8) is 0 Å². The maximum absolute atomic E-state index is 12.6. The van der Waals surface area contributed by atoms with Crippen molar-refractivity contribution in [2.45, 2.75) is 38.2 Å². The lowest BCUT2D eigenvalue weighted by molar-refractivity contribution is -0.352. The zero-order chi connectivity index (χ0) is 16.4. The van der Waals surface area contributed by atoms with Crippen molar-refractivity contribution >= 4 is 0 Å². The van der Waals surface area contributed by atoms with Crippen molar-refractivity contribution in [1.82, 2.24) is 0 Å². The summed E-state index contributed by atoms with van der Waals surface area (Å²) < 4.78 is 75.8. The Labute approximate surface area is 112 Å². The molecule has 0 aliphatic heterocycles. The van der Waals surface area contributed by atoms with Crippen LogP contribution in [-0.4, -0.2) is 23.1 Å². The maximum atomic E-state index is 12.6. The van der Waals surface area contributed by atoms with E-state index in [0.717, 1.165) is 13.0 Å². The normalized spacial score (nSPS) is 15.4. The Bertz CT molecular complexity index is 416. The Hall–Kier alpha value is -1.44. The van der Waals surface area contributed by atoms with E-state index < -0.39 is 29.9 Å². The minimum Gasteiger partial charge on any atom is -0.399 e. The molecule has 0 aromatic carbocycles. The second-order valence-electron chi connectivity index (χ2n) is 4.15. The summed E-state index contributed by atoms with van der Waals surface area (Å²) in [6.07, 6.45) is -11.1. The highest BCUT2D eigenvalue weighted by atomic mass is 19.4. The van der Waals surface area contributed by atoms with Gasteiger partial charge in [-0.1, -0.05) is 19.6 Å². The Morgan fingerprint density at radius 1 is 1.10 bits per heavy atom. The van der Waals surface area contributed by atoms with Gasteiger partial charge in [0.15, 0.2) is 0 Å². The van der Waals surface area contributed by atoms with E-state index in [2.05, 4.69) is 6.58 Å². The van der Waals surface area contributed by atoms with Crippen molar-refractivity contribution in [1.29, 1.82) is 0 Å². The molecule has 3 N–H and O–H groups in total. The van der Waals surface area contributed by atoms with Gasteiger partial charge in [0.2, 0.25) is 0 Å². The molecule has 0 saturated carbocycles. The molecule has 20 heavy (non-hydrogen) atoms. The van der Waals surface area contributed by atoms with Crippen LogP contribution in [0.5, 0.6) is 0 Å². The minimum atomic E-state index is -5.89. The van der Waals surface area contributed by atoms with E-state index in [9.17, 15) is 31.4 Å². The number of hydrogen-bond acceptors (Lipinski definition) is 2. The molecule has 0 amide bonds. The largest absolute Gasteiger partial charge is 0.430 e. The molecule has 2 nitrogen and oxygen atoms in total. The molecule has 0 radical (unpaired) electrons. The van der Waals surface area contributed by atoms with E-state index in [1.165, 1.54) is 6.92 Å². The van der Waals surface area contributed by atoms with Gasteiger partial charge >= 0.3 is 12.4 Å². The first-order valence-corrected chi connectivity index (χ1v) is 5.47. The number of alkyl halides is 6. The van der Waals surface area contributed by atoms with Gasteiger partial charge < -0.3 is 10.8 Å². The van der Waals surface area contributed by atoms with Gasteiger partial charge in [-0.2, -0.15) is 26.3 Å². The predicted octanol–water partition coefficient (Wildman–Crippen LogP) is 3.60. The molecule has 0 aliphatic rings. The van der Waals surface area contributed by atoms with Crippen LogP contribution in [0.2, 0.25) is 0 Å². The third kappa shape index (κ3) is 3.56. The van der Waals surface area contributed by atoms with Crippen molar-refractivity contribution < 1.29 is 31.4 Å². The Morgan fingerprint density at radius 3 is 1.75 bits per heavy atom. The van der Waals surface area contributed by atoms with Crippen LogP contribution in [0.4, 0.5) is 26.3 Å². The van der Waals surface area contributed by atoms with E-state index in [1.54, 1.807) is 0 Å². The SMILES string of the molecule is C=C(C)/C(N)=C\C=C(CC)C(O)(C(F)(F)F)C(F)(F)F. The van der Waals surface area contributed by atoms with Crippen LogP contribution in [0.25, 0.3) is 0 Å². The maximum Gasteiger partial charge on any atom is 0.430 e. The van der Waals surface area contributed by atoms with Gasteiger partial charge in [0.05, 0.1) is 0 Å². The minimum absolute atomic E-state index is 0.0809. The molecule has 0 spiro atoms. The van der Waals surface area contributed by atoms with Crippen LogP contribution in [0.3, 0.4) is 0 Å². The van der Waals surface area contributed by atoms with Crippen molar-refractivity contribution in [2.24, 2.45) is 5.73 Å². The molecule has 0 atom stereocenters. The number of allylic oxidation sites excluding steroid dienone is 3. The first-order valence-electron chi connectivity index (χ1n) is 5.47. The molecule has 8 heteroatoms. The third-order valence-electron chi connectivity index (χ3n) is 2.62. The fourth-order valence-corrected chi connectivity index (χ4v) is 1.35. The number of halogens is 6. The Morgan fingerprint density at radius 2 is 1.50 bits per heavy atom. The van der Waals surface area contributed by atoms with Gasteiger partial charge in [-0.15, -0.1) is 0 Å². The summed E-state index contributed by atoms with van der Waals surface area (Å²) in [7, 11) is 0. The quantitative estimate of drug-likeness (QED) is 0.616. The first kappa shape index (κ1) is 18.6. The predicted molar refractivity (Wildman–Crippen MR) is 62.5 cm³/mol. The Balaban J connectivity index is 5.98. The zero-order valence-corrected chi connectivity index (χ0v) is 10.9.